The lowest BCUT2D eigenvalue weighted by Gasteiger charge is -2.30. The summed E-state index contributed by atoms with van der Waals surface area (Å²) in [7, 11) is 3.23. The third-order valence-corrected chi connectivity index (χ3v) is 5.76. The maximum Gasteiger partial charge on any atom is 0.242 e. The molecule has 2 amide bonds. The minimum Gasteiger partial charge on any atom is -0.497 e. The van der Waals surface area contributed by atoms with Gasteiger partial charge in [0.15, 0.2) is 0 Å². The van der Waals surface area contributed by atoms with Crippen LogP contribution in [0.25, 0.3) is 0 Å². The molecule has 0 aliphatic rings. The molecule has 0 aliphatic heterocycles. The van der Waals surface area contributed by atoms with E-state index in [2.05, 4.69) is 36.5 Å². The van der Waals surface area contributed by atoms with Crippen LogP contribution in [-0.4, -0.2) is 42.7 Å². The van der Waals surface area contributed by atoms with E-state index < -0.39 is 6.04 Å². The van der Waals surface area contributed by atoms with Crippen molar-refractivity contribution < 1.29 is 14.3 Å². The highest BCUT2D eigenvalue weighted by Gasteiger charge is 2.27. The molecule has 2 aromatic carbocycles. The van der Waals surface area contributed by atoms with Crippen LogP contribution in [0.1, 0.15) is 30.9 Å². The molecule has 1 atom stereocenters. The molecule has 156 valence electrons. The van der Waals surface area contributed by atoms with Crippen LogP contribution in [0.15, 0.2) is 53.4 Å². The predicted molar refractivity (Wildman–Crippen MR) is 118 cm³/mol. The van der Waals surface area contributed by atoms with Gasteiger partial charge in [-0.1, -0.05) is 36.8 Å². The van der Waals surface area contributed by atoms with E-state index in [1.54, 1.807) is 30.8 Å². The molecule has 0 fully saturated rings. The number of likely N-dealkylation sites (N-methyl/N-ethyl adjacent to an activating group) is 1. The fourth-order valence-corrected chi connectivity index (χ4v) is 3.89. The van der Waals surface area contributed by atoms with Gasteiger partial charge in [-0.25, -0.2) is 0 Å². The molecule has 5 nitrogen and oxygen atoms in total. The zero-order valence-corrected chi connectivity index (χ0v) is 18.4. The van der Waals surface area contributed by atoms with Gasteiger partial charge in [-0.3, -0.25) is 9.59 Å². The van der Waals surface area contributed by atoms with Crippen molar-refractivity contribution in [2.45, 2.75) is 44.2 Å². The number of carbonyl (C=O) groups excluding carboxylic acids is 2. The van der Waals surface area contributed by atoms with E-state index in [4.69, 9.17) is 4.74 Å². The topological polar surface area (TPSA) is 58.6 Å². The van der Waals surface area contributed by atoms with Crippen LogP contribution in [-0.2, 0) is 16.1 Å². The third kappa shape index (κ3) is 6.82. The maximum atomic E-state index is 13.0. The van der Waals surface area contributed by atoms with Crippen molar-refractivity contribution in [1.82, 2.24) is 10.2 Å². The molecule has 0 radical (unpaired) electrons. The lowest BCUT2D eigenvalue weighted by Crippen LogP contribution is -2.48. The van der Waals surface area contributed by atoms with E-state index >= 15 is 0 Å². The van der Waals surface area contributed by atoms with Crippen molar-refractivity contribution in [3.05, 3.63) is 59.7 Å². The van der Waals surface area contributed by atoms with E-state index in [-0.39, 0.29) is 11.8 Å². The number of carbonyl (C=O) groups is 2. The number of benzene rings is 2. The first-order valence-corrected chi connectivity index (χ1v) is 10.8. The zero-order valence-electron chi connectivity index (χ0n) is 17.6. The fraction of sp³-hybridized carbons (Fsp3) is 0.391. The Hall–Kier alpha value is -2.47. The van der Waals surface area contributed by atoms with Crippen molar-refractivity contribution in [2.75, 3.05) is 19.9 Å². The van der Waals surface area contributed by atoms with Crippen LogP contribution < -0.4 is 10.1 Å². The van der Waals surface area contributed by atoms with Gasteiger partial charge in [0.2, 0.25) is 11.8 Å². The van der Waals surface area contributed by atoms with Gasteiger partial charge in [0.05, 0.1) is 7.11 Å². The summed E-state index contributed by atoms with van der Waals surface area (Å²) in [4.78, 5) is 28.3. The van der Waals surface area contributed by atoms with Gasteiger partial charge in [-0.15, -0.1) is 11.8 Å². The Morgan fingerprint density at radius 2 is 1.76 bits per heavy atom. The molecule has 0 aliphatic carbocycles. The van der Waals surface area contributed by atoms with Gasteiger partial charge < -0.3 is 15.0 Å². The average Bonchev–Trinajstić information content (AvgIpc) is 2.75. The van der Waals surface area contributed by atoms with Crippen LogP contribution >= 0.6 is 11.8 Å². The Bertz CT molecular complexity index is 791. The lowest BCUT2D eigenvalue weighted by atomic mass is 10.1. The first-order chi connectivity index (χ1) is 14.0. The van der Waals surface area contributed by atoms with Crippen molar-refractivity contribution >= 4 is 23.6 Å². The molecule has 0 unspecified atom stereocenters. The second-order valence-corrected chi connectivity index (χ2v) is 7.99. The second-order valence-electron chi connectivity index (χ2n) is 6.82. The monoisotopic (exact) mass is 414 g/mol. The quantitative estimate of drug-likeness (QED) is 0.596. The van der Waals surface area contributed by atoms with E-state index in [9.17, 15) is 9.59 Å². The van der Waals surface area contributed by atoms with Gasteiger partial charge in [0.25, 0.3) is 0 Å². The van der Waals surface area contributed by atoms with Crippen LogP contribution in [0.4, 0.5) is 0 Å². The number of hydrogen-bond donors (Lipinski definition) is 1. The van der Waals surface area contributed by atoms with Gasteiger partial charge in [-0.2, -0.15) is 0 Å². The summed E-state index contributed by atoms with van der Waals surface area (Å²) in [6, 6.07) is 15.4. The maximum absolute atomic E-state index is 13.0. The number of aryl methyl sites for hydroxylation is 1. The summed E-state index contributed by atoms with van der Waals surface area (Å²) in [5.74, 6) is 1.28. The summed E-state index contributed by atoms with van der Waals surface area (Å²) < 4.78 is 5.20. The highest BCUT2D eigenvalue weighted by molar-refractivity contribution is 7.99. The summed E-state index contributed by atoms with van der Waals surface area (Å²) in [5, 5.41) is 2.68. The number of thioether (sulfide) groups is 1. The molecule has 0 spiro atoms. The van der Waals surface area contributed by atoms with Crippen molar-refractivity contribution in [3.63, 3.8) is 0 Å². The molecule has 0 bridgehead atoms. The van der Waals surface area contributed by atoms with Crippen LogP contribution in [0.3, 0.4) is 0 Å². The summed E-state index contributed by atoms with van der Waals surface area (Å²) in [6.07, 6.45) is 0.939. The average molecular weight is 415 g/mol. The van der Waals surface area contributed by atoms with Crippen molar-refractivity contribution in [1.29, 1.82) is 0 Å². The smallest absolute Gasteiger partial charge is 0.242 e. The second kappa shape index (κ2) is 11.5. The van der Waals surface area contributed by atoms with Gasteiger partial charge >= 0.3 is 0 Å². The van der Waals surface area contributed by atoms with E-state index in [0.717, 1.165) is 16.2 Å². The zero-order chi connectivity index (χ0) is 21.2. The summed E-state index contributed by atoms with van der Waals surface area (Å²) >= 11 is 1.65. The lowest BCUT2D eigenvalue weighted by molar-refractivity contribution is -0.140. The van der Waals surface area contributed by atoms with E-state index in [1.165, 1.54) is 5.56 Å². The summed E-state index contributed by atoms with van der Waals surface area (Å²) in [5.41, 5.74) is 2.18. The van der Waals surface area contributed by atoms with Gasteiger partial charge in [-0.05, 0) is 43.2 Å². The van der Waals surface area contributed by atoms with Crippen molar-refractivity contribution in [3.8, 4) is 5.75 Å². The molecule has 0 saturated heterocycles. The molecule has 1 N–H and O–H groups in total. The number of ether oxygens (including phenoxy) is 1. The molecular weight excluding hydrogens is 384 g/mol. The number of methoxy groups -OCH3 is 1. The molecule has 2 rings (SSSR count). The standard InChI is InChI=1S/C23H30N2O3S/c1-5-21(23(27)24-3)25(16-18-8-10-19(28-4)11-9-18)22(26)14-15-29-20-12-6-17(2)7-13-20/h6-13,21H,5,14-16H2,1-4H3,(H,24,27)/t21-/m0/s1. The van der Waals surface area contributed by atoms with Crippen LogP contribution in [0.5, 0.6) is 5.75 Å². The van der Waals surface area contributed by atoms with Gasteiger partial charge in [0.1, 0.15) is 11.8 Å². The fourth-order valence-electron chi connectivity index (χ4n) is 3.05. The van der Waals surface area contributed by atoms with Crippen LogP contribution in [0.2, 0.25) is 0 Å². The molecule has 2 aromatic rings. The molecular formula is C23H30N2O3S. The number of nitrogens with one attached hydrogen (secondary N) is 1. The highest BCUT2D eigenvalue weighted by Crippen LogP contribution is 2.21. The largest absolute Gasteiger partial charge is 0.497 e. The number of nitrogens with zero attached hydrogens (tertiary/aromatic N) is 1. The first kappa shape index (κ1) is 22.8. The SMILES string of the molecule is CC[C@@H](C(=O)NC)N(Cc1ccc(OC)cc1)C(=O)CCSc1ccc(C)cc1. The molecule has 0 heterocycles. The minimum atomic E-state index is -0.487. The Balaban J connectivity index is 2.08. The first-order valence-electron chi connectivity index (χ1n) is 9.82. The van der Waals surface area contributed by atoms with Crippen LogP contribution in [0, 0.1) is 6.92 Å². The molecule has 0 aromatic heterocycles. The summed E-state index contributed by atoms with van der Waals surface area (Å²) in [6.45, 7) is 4.37. The number of hydrogen-bond acceptors (Lipinski definition) is 4. The third-order valence-electron chi connectivity index (χ3n) is 4.75. The predicted octanol–water partition coefficient (Wildman–Crippen LogP) is 4.04. The normalized spacial score (nSPS) is 11.6. The van der Waals surface area contributed by atoms with E-state index in [0.29, 0.717) is 25.1 Å². The Morgan fingerprint density at radius 1 is 1.10 bits per heavy atom. The van der Waals surface area contributed by atoms with Crippen molar-refractivity contribution in [2.24, 2.45) is 0 Å². The van der Waals surface area contributed by atoms with E-state index in [1.807, 2.05) is 31.2 Å². The minimum absolute atomic E-state index is 0.0177. The Kier molecular flexibility index (Phi) is 9.06. The van der Waals surface area contributed by atoms with Gasteiger partial charge in [0, 0.05) is 30.7 Å². The molecule has 6 heteroatoms. The molecule has 29 heavy (non-hydrogen) atoms. The molecule has 0 saturated carbocycles. The number of rotatable bonds is 10. The number of amides is 2. The highest BCUT2D eigenvalue weighted by atomic mass is 32.2. The Labute approximate surface area is 177 Å². The Morgan fingerprint density at radius 3 is 2.31 bits per heavy atom.